The second-order valence-corrected chi connectivity index (χ2v) is 10.4. The van der Waals surface area contributed by atoms with Crippen molar-refractivity contribution in [1.29, 1.82) is 0 Å². The van der Waals surface area contributed by atoms with Gasteiger partial charge in [0.15, 0.2) is 6.29 Å². The van der Waals surface area contributed by atoms with Crippen molar-refractivity contribution in [1.82, 2.24) is 5.32 Å². The zero-order valence-corrected chi connectivity index (χ0v) is 19.7. The Morgan fingerprint density at radius 2 is 1.82 bits per heavy atom. The second kappa shape index (κ2) is 13.6. The largest absolute Gasteiger partial charge is 0.394 e. The van der Waals surface area contributed by atoms with E-state index in [9.17, 15) is 28.5 Å². The van der Waals surface area contributed by atoms with Crippen molar-refractivity contribution in [2.75, 3.05) is 31.3 Å². The van der Waals surface area contributed by atoms with Gasteiger partial charge >= 0.3 is 0 Å². The molecule has 1 aliphatic heterocycles. The summed E-state index contributed by atoms with van der Waals surface area (Å²) in [6, 6.07) is 6.19. The number of nitrogens with two attached hydrogens (primary N) is 1. The monoisotopic (exact) mass is 508 g/mol. The van der Waals surface area contributed by atoms with Gasteiger partial charge in [0.05, 0.1) is 18.1 Å². The Morgan fingerprint density at radius 3 is 2.45 bits per heavy atom. The maximum absolute atomic E-state index is 11.9. The number of rotatable bonds is 13. The number of carbonyl (C=O) groups is 1. The van der Waals surface area contributed by atoms with Crippen molar-refractivity contribution in [2.45, 2.75) is 54.9 Å². The Kier molecular flexibility index (Phi) is 11.5. The lowest BCUT2D eigenvalue weighted by Crippen LogP contribution is -2.59. The number of ether oxygens (including phenoxy) is 2. The second-order valence-electron chi connectivity index (χ2n) is 7.57. The number of amides is 1. The van der Waals surface area contributed by atoms with E-state index in [0.717, 1.165) is 5.56 Å². The van der Waals surface area contributed by atoms with Crippen LogP contribution < -0.4 is 10.5 Å². The summed E-state index contributed by atoms with van der Waals surface area (Å²) >= 11 is 1.57. The number of hydrogen-bond acceptors (Lipinski definition) is 10. The molecule has 188 valence electrons. The zero-order valence-electron chi connectivity index (χ0n) is 18.1. The van der Waals surface area contributed by atoms with Crippen molar-refractivity contribution in [3.63, 3.8) is 0 Å². The first-order valence-electron chi connectivity index (χ1n) is 10.5. The number of nitrogens with one attached hydrogen (secondary N) is 1. The fraction of sp³-hybridized carbons (Fsp3) is 0.650. The van der Waals surface area contributed by atoms with E-state index in [4.69, 9.17) is 19.7 Å². The third-order valence-corrected chi connectivity index (χ3v) is 7.02. The van der Waals surface area contributed by atoms with Gasteiger partial charge in [0, 0.05) is 18.7 Å². The molecule has 0 spiro atoms. The van der Waals surface area contributed by atoms with Crippen molar-refractivity contribution < 1.29 is 43.1 Å². The van der Waals surface area contributed by atoms with E-state index in [-0.39, 0.29) is 17.4 Å². The van der Waals surface area contributed by atoms with E-state index in [2.05, 4.69) is 5.32 Å². The maximum atomic E-state index is 11.9. The molecular formula is C20H32N2O9S2. The minimum absolute atomic E-state index is 0.0471. The average molecular weight is 509 g/mol. The number of sulfonamides is 1. The van der Waals surface area contributed by atoms with Gasteiger partial charge in [-0.3, -0.25) is 4.79 Å². The number of primary sulfonamides is 1. The van der Waals surface area contributed by atoms with Crippen molar-refractivity contribution >= 4 is 27.7 Å². The molecule has 0 aromatic heterocycles. The van der Waals surface area contributed by atoms with E-state index in [1.54, 1.807) is 23.9 Å². The van der Waals surface area contributed by atoms with Crippen LogP contribution in [0.5, 0.6) is 0 Å². The van der Waals surface area contributed by atoms with Gasteiger partial charge in [-0.15, -0.1) is 0 Å². The first-order chi connectivity index (χ1) is 15.6. The normalized spacial score (nSPS) is 25.7. The lowest BCUT2D eigenvalue weighted by molar-refractivity contribution is -0.300. The molecule has 1 saturated heterocycles. The molecule has 0 aliphatic carbocycles. The van der Waals surface area contributed by atoms with Gasteiger partial charge in [-0.1, -0.05) is 12.1 Å². The lowest BCUT2D eigenvalue weighted by atomic mass is 9.99. The summed E-state index contributed by atoms with van der Waals surface area (Å²) in [6.45, 7) is 0.172. The number of carbonyl (C=O) groups excluding carboxylic acids is 1. The van der Waals surface area contributed by atoms with Gasteiger partial charge in [0.1, 0.15) is 24.4 Å². The predicted molar refractivity (Wildman–Crippen MR) is 121 cm³/mol. The molecule has 1 aromatic carbocycles. The number of thioether (sulfide) groups is 1. The highest BCUT2D eigenvalue weighted by Crippen LogP contribution is 2.22. The molecule has 1 aliphatic rings. The van der Waals surface area contributed by atoms with E-state index in [1.807, 2.05) is 0 Å². The molecule has 1 aromatic rings. The summed E-state index contributed by atoms with van der Waals surface area (Å²) in [5.74, 6) is 1.25. The Hall–Kier alpha value is -1.29. The highest BCUT2D eigenvalue weighted by Gasteiger charge is 2.43. The van der Waals surface area contributed by atoms with Crippen LogP contribution >= 0.6 is 11.8 Å². The number of aliphatic hydroxyl groups excluding tert-OH is 4. The summed E-state index contributed by atoms with van der Waals surface area (Å²) in [4.78, 5) is 12.0. The molecule has 0 unspecified atom stereocenters. The van der Waals surface area contributed by atoms with Gasteiger partial charge in [0.25, 0.3) is 0 Å². The predicted octanol–water partition coefficient (Wildman–Crippen LogP) is -1.68. The van der Waals surface area contributed by atoms with Crippen LogP contribution in [0.3, 0.4) is 0 Å². The molecule has 1 fully saturated rings. The standard InChI is InChI=1S/C20H32N2O9S2/c21-33(28,29)14-4-2-13(3-5-14)6-8-22-16(24)7-11-32-10-1-9-30-20-19(27)18(26)17(25)15(12-23)31-20/h2-5,15,17-20,23,25-27H,1,6-12H2,(H,22,24)(H2,21,28,29)/t15-,17+,18+,19-,20-/m1/s1. The Balaban J connectivity index is 1.52. The van der Waals surface area contributed by atoms with Crippen LogP contribution in [-0.4, -0.2) is 96.7 Å². The molecule has 0 saturated carbocycles. The summed E-state index contributed by atoms with van der Waals surface area (Å²) in [5, 5.41) is 46.4. The molecule has 1 heterocycles. The van der Waals surface area contributed by atoms with Gasteiger partial charge in [-0.2, -0.15) is 11.8 Å². The molecule has 13 heteroatoms. The van der Waals surface area contributed by atoms with Crippen molar-refractivity contribution in [2.24, 2.45) is 5.14 Å². The van der Waals surface area contributed by atoms with Crippen LogP contribution in [0.25, 0.3) is 0 Å². The van der Waals surface area contributed by atoms with E-state index in [1.165, 1.54) is 12.1 Å². The summed E-state index contributed by atoms with van der Waals surface area (Å²) in [5.41, 5.74) is 0.886. The molecular weight excluding hydrogens is 476 g/mol. The molecule has 5 atom stereocenters. The SMILES string of the molecule is NS(=O)(=O)c1ccc(CCNC(=O)CCSCCCO[C@@H]2O[C@H](CO)[C@H](O)[C@H](O)[C@H]2O)cc1. The number of benzene rings is 1. The first-order valence-corrected chi connectivity index (χ1v) is 13.2. The minimum Gasteiger partial charge on any atom is -0.394 e. The third kappa shape index (κ3) is 9.11. The molecule has 1 amide bonds. The van der Waals surface area contributed by atoms with Crippen LogP contribution in [-0.2, 0) is 30.7 Å². The Labute approximate surface area is 197 Å². The summed E-state index contributed by atoms with van der Waals surface area (Å²) in [7, 11) is -3.71. The van der Waals surface area contributed by atoms with E-state index in [0.29, 0.717) is 37.3 Å². The number of aliphatic hydroxyl groups is 4. The summed E-state index contributed by atoms with van der Waals surface area (Å²) in [6.07, 6.45) is -4.88. The molecule has 0 radical (unpaired) electrons. The molecule has 0 bridgehead atoms. The highest BCUT2D eigenvalue weighted by molar-refractivity contribution is 7.99. The molecule has 7 N–H and O–H groups in total. The Bertz CT molecular complexity index is 836. The van der Waals surface area contributed by atoms with E-state index >= 15 is 0 Å². The lowest BCUT2D eigenvalue weighted by Gasteiger charge is -2.39. The van der Waals surface area contributed by atoms with Crippen molar-refractivity contribution in [3.05, 3.63) is 29.8 Å². The van der Waals surface area contributed by atoms with Gasteiger partial charge < -0.3 is 35.2 Å². The fourth-order valence-electron chi connectivity index (χ4n) is 3.11. The molecule has 2 rings (SSSR count). The average Bonchev–Trinajstić information content (AvgIpc) is 2.78. The van der Waals surface area contributed by atoms with Gasteiger partial charge in [-0.25, -0.2) is 13.6 Å². The van der Waals surface area contributed by atoms with Crippen LogP contribution in [0.15, 0.2) is 29.2 Å². The third-order valence-electron chi connectivity index (χ3n) is 5.02. The quantitative estimate of drug-likeness (QED) is 0.168. The van der Waals surface area contributed by atoms with Crippen molar-refractivity contribution in [3.8, 4) is 0 Å². The number of hydrogen-bond donors (Lipinski definition) is 6. The molecule has 33 heavy (non-hydrogen) atoms. The van der Waals surface area contributed by atoms with Crippen LogP contribution in [0.4, 0.5) is 0 Å². The fourth-order valence-corrected chi connectivity index (χ4v) is 4.48. The van der Waals surface area contributed by atoms with Crippen LogP contribution in [0.1, 0.15) is 18.4 Å². The summed E-state index contributed by atoms with van der Waals surface area (Å²) < 4.78 is 33.1. The molecule has 11 nitrogen and oxygen atoms in total. The smallest absolute Gasteiger partial charge is 0.238 e. The topological polar surface area (TPSA) is 189 Å². The minimum atomic E-state index is -3.71. The first kappa shape index (κ1) is 28.0. The van der Waals surface area contributed by atoms with Crippen LogP contribution in [0, 0.1) is 0 Å². The Morgan fingerprint density at radius 1 is 1.12 bits per heavy atom. The van der Waals surface area contributed by atoms with Crippen LogP contribution in [0.2, 0.25) is 0 Å². The maximum Gasteiger partial charge on any atom is 0.238 e. The van der Waals surface area contributed by atoms with Gasteiger partial charge in [0.2, 0.25) is 15.9 Å². The van der Waals surface area contributed by atoms with Gasteiger partial charge in [-0.05, 0) is 36.3 Å². The van der Waals surface area contributed by atoms with E-state index < -0.39 is 47.3 Å². The zero-order chi connectivity index (χ0) is 24.4. The highest BCUT2D eigenvalue weighted by atomic mass is 32.2.